The van der Waals surface area contributed by atoms with Crippen LogP contribution < -0.4 is 16.2 Å². The molecule has 5 rings (SSSR count). The maximum Gasteiger partial charge on any atom is 0.239 e. The van der Waals surface area contributed by atoms with Gasteiger partial charge in [-0.2, -0.15) is 0 Å². The van der Waals surface area contributed by atoms with Crippen molar-refractivity contribution >= 4 is 16.8 Å². The van der Waals surface area contributed by atoms with Crippen molar-refractivity contribution in [3.05, 3.63) is 35.5 Å². The summed E-state index contributed by atoms with van der Waals surface area (Å²) in [6.07, 6.45) is 9.36. The van der Waals surface area contributed by atoms with Gasteiger partial charge >= 0.3 is 0 Å². The first-order valence-electron chi connectivity index (χ1n) is 10.2. The number of para-hydroxylation sites is 1. The van der Waals surface area contributed by atoms with Crippen LogP contribution in [0, 0.1) is 5.92 Å². The molecule has 1 saturated heterocycles. The van der Waals surface area contributed by atoms with Gasteiger partial charge in [0.15, 0.2) is 0 Å². The minimum Gasteiger partial charge on any atom is -0.356 e. The van der Waals surface area contributed by atoms with E-state index in [1.807, 2.05) is 0 Å². The first-order valence-corrected chi connectivity index (χ1v) is 10.2. The van der Waals surface area contributed by atoms with E-state index < -0.39 is 0 Å². The molecule has 26 heavy (non-hydrogen) atoms. The molecule has 1 aromatic heterocycles. The molecule has 4 unspecified atom stereocenters. The predicted molar refractivity (Wildman–Crippen MR) is 103 cm³/mol. The largest absolute Gasteiger partial charge is 0.356 e. The topological polar surface area (TPSA) is 69.0 Å². The quantitative estimate of drug-likeness (QED) is 0.671. The smallest absolute Gasteiger partial charge is 0.239 e. The van der Waals surface area contributed by atoms with Crippen molar-refractivity contribution in [2.45, 2.75) is 69.5 Å². The molecule has 5 heteroatoms. The van der Waals surface area contributed by atoms with Gasteiger partial charge in [0.2, 0.25) is 5.91 Å². The van der Waals surface area contributed by atoms with Gasteiger partial charge in [-0.25, -0.2) is 5.43 Å². The fraction of sp³-hybridized carbons (Fsp3) is 0.571. The van der Waals surface area contributed by atoms with Crippen LogP contribution in [0.3, 0.4) is 0 Å². The number of hydrogen-bond acceptors (Lipinski definition) is 3. The second-order valence-corrected chi connectivity index (χ2v) is 8.19. The second-order valence-electron chi connectivity index (χ2n) is 8.19. The number of fused-ring (bicyclic) bond motifs is 4. The number of hydrogen-bond donors (Lipinski definition) is 4. The Morgan fingerprint density at radius 2 is 1.88 bits per heavy atom. The Morgan fingerprint density at radius 1 is 1.00 bits per heavy atom. The lowest BCUT2D eigenvalue weighted by atomic mass is 9.88. The van der Waals surface area contributed by atoms with Crippen molar-refractivity contribution in [2.24, 2.45) is 5.92 Å². The summed E-state index contributed by atoms with van der Waals surface area (Å²) in [6, 6.07) is 8.93. The molecular weight excluding hydrogens is 324 g/mol. The molecular formula is C21H28N4O. The van der Waals surface area contributed by atoms with Crippen LogP contribution in [0.15, 0.2) is 24.3 Å². The third kappa shape index (κ3) is 2.74. The SMILES string of the molecule is O=C(NC1CCCc2c1[nH]c1ccccc21)C1NNC2CCCCCC21. The fourth-order valence-electron chi connectivity index (χ4n) is 5.30. The van der Waals surface area contributed by atoms with E-state index >= 15 is 0 Å². The molecule has 2 aliphatic carbocycles. The maximum absolute atomic E-state index is 13.1. The minimum atomic E-state index is -0.104. The molecule has 4 N–H and O–H groups in total. The summed E-state index contributed by atoms with van der Waals surface area (Å²) in [5.74, 6) is 0.576. The maximum atomic E-state index is 13.1. The van der Waals surface area contributed by atoms with Gasteiger partial charge in [-0.05, 0) is 43.7 Å². The normalized spacial score (nSPS) is 31.2. The molecule has 0 spiro atoms. The zero-order valence-electron chi connectivity index (χ0n) is 15.2. The highest BCUT2D eigenvalue weighted by Gasteiger charge is 2.41. The lowest BCUT2D eigenvalue weighted by molar-refractivity contribution is -0.124. The average molecular weight is 352 g/mol. The standard InChI is InChI=1S/C21H28N4O/c26-21(20-15-8-2-1-3-11-17(15)24-25-20)23-18-12-6-9-14-13-7-4-5-10-16(13)22-19(14)18/h4-5,7,10,15,17-18,20,22,24-25H,1-3,6,8-9,11-12H2,(H,23,26). The van der Waals surface area contributed by atoms with Crippen LogP contribution in [0.25, 0.3) is 10.9 Å². The van der Waals surface area contributed by atoms with E-state index in [1.165, 1.54) is 47.8 Å². The summed E-state index contributed by atoms with van der Waals surface area (Å²) in [4.78, 5) is 16.7. The zero-order chi connectivity index (χ0) is 17.5. The van der Waals surface area contributed by atoms with Crippen molar-refractivity contribution in [1.82, 2.24) is 21.2 Å². The number of H-pyrrole nitrogens is 1. The molecule has 2 heterocycles. The van der Waals surface area contributed by atoms with Crippen molar-refractivity contribution in [2.75, 3.05) is 0 Å². The van der Waals surface area contributed by atoms with Crippen LogP contribution in [0.5, 0.6) is 0 Å². The molecule has 2 fully saturated rings. The molecule has 0 bridgehead atoms. The second kappa shape index (κ2) is 6.71. The van der Waals surface area contributed by atoms with Gasteiger partial charge in [-0.15, -0.1) is 0 Å². The Bertz CT molecular complexity index is 813. The fourth-order valence-corrected chi connectivity index (χ4v) is 5.30. The Hall–Kier alpha value is -1.85. The summed E-state index contributed by atoms with van der Waals surface area (Å²) in [5.41, 5.74) is 10.5. The Balaban J connectivity index is 1.36. The van der Waals surface area contributed by atoms with E-state index in [4.69, 9.17) is 0 Å². The average Bonchev–Trinajstić information content (AvgIpc) is 3.16. The van der Waals surface area contributed by atoms with Crippen molar-refractivity contribution in [1.29, 1.82) is 0 Å². The summed E-state index contributed by atoms with van der Waals surface area (Å²) in [7, 11) is 0. The highest BCUT2D eigenvalue weighted by atomic mass is 16.2. The summed E-state index contributed by atoms with van der Waals surface area (Å²) in [6.45, 7) is 0. The Kier molecular flexibility index (Phi) is 4.21. The monoisotopic (exact) mass is 352 g/mol. The summed E-state index contributed by atoms with van der Waals surface area (Å²) in [5, 5.41) is 4.67. The molecule has 1 saturated carbocycles. The molecule has 138 valence electrons. The van der Waals surface area contributed by atoms with Gasteiger partial charge in [-0.1, -0.05) is 37.5 Å². The van der Waals surface area contributed by atoms with E-state index in [0.29, 0.717) is 12.0 Å². The lowest BCUT2D eigenvalue weighted by Crippen LogP contribution is -2.47. The van der Waals surface area contributed by atoms with Crippen LogP contribution in [-0.4, -0.2) is 23.0 Å². The number of carbonyl (C=O) groups excluding carboxylic acids is 1. The molecule has 3 aliphatic rings. The first-order chi connectivity index (χ1) is 12.8. The highest BCUT2D eigenvalue weighted by Crippen LogP contribution is 2.35. The van der Waals surface area contributed by atoms with E-state index in [1.54, 1.807) is 0 Å². The number of carbonyl (C=O) groups is 1. The molecule has 5 nitrogen and oxygen atoms in total. The lowest BCUT2D eigenvalue weighted by Gasteiger charge is -2.27. The van der Waals surface area contributed by atoms with Gasteiger partial charge < -0.3 is 10.3 Å². The number of aromatic amines is 1. The van der Waals surface area contributed by atoms with Crippen molar-refractivity contribution in [3.8, 4) is 0 Å². The van der Waals surface area contributed by atoms with Gasteiger partial charge in [0.05, 0.1) is 6.04 Å². The van der Waals surface area contributed by atoms with Crippen molar-refractivity contribution < 1.29 is 4.79 Å². The molecule has 4 atom stereocenters. The van der Waals surface area contributed by atoms with E-state index in [0.717, 1.165) is 25.7 Å². The third-order valence-corrected chi connectivity index (χ3v) is 6.64. The zero-order valence-corrected chi connectivity index (χ0v) is 15.2. The number of rotatable bonds is 2. The molecule has 2 aromatic rings. The number of amides is 1. The van der Waals surface area contributed by atoms with Crippen molar-refractivity contribution in [3.63, 3.8) is 0 Å². The summed E-state index contributed by atoms with van der Waals surface area (Å²) < 4.78 is 0. The van der Waals surface area contributed by atoms with Gasteiger partial charge in [-0.3, -0.25) is 10.2 Å². The van der Waals surface area contributed by atoms with Crippen LogP contribution in [-0.2, 0) is 11.2 Å². The Labute approximate surface area is 154 Å². The third-order valence-electron chi connectivity index (χ3n) is 6.64. The van der Waals surface area contributed by atoms with E-state index in [-0.39, 0.29) is 18.0 Å². The van der Waals surface area contributed by atoms with Crippen LogP contribution in [0.2, 0.25) is 0 Å². The van der Waals surface area contributed by atoms with Gasteiger partial charge in [0.1, 0.15) is 6.04 Å². The number of benzene rings is 1. The number of nitrogens with one attached hydrogen (secondary N) is 4. The predicted octanol–water partition coefficient (Wildman–Crippen LogP) is 3.09. The van der Waals surface area contributed by atoms with E-state index in [9.17, 15) is 4.79 Å². The number of aromatic nitrogens is 1. The van der Waals surface area contributed by atoms with Crippen LogP contribution in [0.1, 0.15) is 62.2 Å². The number of hydrazine groups is 1. The molecule has 0 radical (unpaired) electrons. The van der Waals surface area contributed by atoms with E-state index in [2.05, 4.69) is 45.4 Å². The van der Waals surface area contributed by atoms with Gasteiger partial charge in [0.25, 0.3) is 0 Å². The minimum absolute atomic E-state index is 0.102. The van der Waals surface area contributed by atoms with Crippen LogP contribution in [0.4, 0.5) is 0 Å². The van der Waals surface area contributed by atoms with Crippen LogP contribution >= 0.6 is 0 Å². The molecule has 1 amide bonds. The first kappa shape index (κ1) is 16.3. The summed E-state index contributed by atoms with van der Waals surface area (Å²) >= 11 is 0. The molecule has 1 aromatic carbocycles. The van der Waals surface area contributed by atoms with Gasteiger partial charge in [0, 0.05) is 28.6 Å². The highest BCUT2D eigenvalue weighted by molar-refractivity contribution is 5.86. The Morgan fingerprint density at radius 3 is 2.85 bits per heavy atom. The number of aryl methyl sites for hydroxylation is 1. The molecule has 1 aliphatic heterocycles.